The summed E-state index contributed by atoms with van der Waals surface area (Å²) in [5, 5.41) is 14.6. The van der Waals surface area contributed by atoms with E-state index in [2.05, 4.69) is 10.6 Å². The maximum absolute atomic E-state index is 12.3. The van der Waals surface area contributed by atoms with Gasteiger partial charge in [-0.15, -0.1) is 0 Å². The van der Waals surface area contributed by atoms with Gasteiger partial charge in [-0.05, 0) is 81.1 Å². The van der Waals surface area contributed by atoms with Gasteiger partial charge in [0.15, 0.2) is 0 Å². The Morgan fingerprint density at radius 1 is 0.818 bits per heavy atom. The number of ether oxygens (including phenoxy) is 2. The lowest BCUT2D eigenvalue weighted by Crippen LogP contribution is -2.34. The molecule has 1 fully saturated rings. The van der Waals surface area contributed by atoms with Crippen molar-refractivity contribution >= 4 is 17.8 Å². The van der Waals surface area contributed by atoms with Crippen LogP contribution in [0.1, 0.15) is 53.3 Å². The van der Waals surface area contributed by atoms with E-state index in [1.165, 1.54) is 0 Å². The Balaban J connectivity index is 1.37. The fourth-order valence-corrected chi connectivity index (χ4v) is 3.73. The normalized spacial score (nSPS) is 17.6. The fraction of sp³-hybridized carbons (Fsp3) is 0.400. The highest BCUT2D eigenvalue weighted by molar-refractivity contribution is 5.95. The van der Waals surface area contributed by atoms with E-state index in [9.17, 15) is 14.4 Å². The highest BCUT2D eigenvalue weighted by Crippen LogP contribution is 2.28. The molecule has 2 aromatic rings. The molecule has 176 valence electrons. The second kappa shape index (κ2) is 11.9. The van der Waals surface area contributed by atoms with Crippen molar-refractivity contribution in [1.82, 2.24) is 10.6 Å². The van der Waals surface area contributed by atoms with Crippen molar-refractivity contribution in [1.29, 1.82) is 0 Å². The molecular weight excluding hydrogens is 424 g/mol. The number of aliphatic carboxylic acids is 1. The van der Waals surface area contributed by atoms with E-state index in [1.54, 1.807) is 48.5 Å². The van der Waals surface area contributed by atoms with Gasteiger partial charge in [0, 0.05) is 24.2 Å². The van der Waals surface area contributed by atoms with Gasteiger partial charge in [0.2, 0.25) is 0 Å². The van der Waals surface area contributed by atoms with E-state index in [-0.39, 0.29) is 23.8 Å². The van der Waals surface area contributed by atoms with E-state index in [0.29, 0.717) is 68.0 Å². The Hall–Kier alpha value is -3.55. The third kappa shape index (κ3) is 7.24. The summed E-state index contributed by atoms with van der Waals surface area (Å²) < 4.78 is 11.3. The lowest BCUT2D eigenvalue weighted by atomic mass is 9.87. The van der Waals surface area contributed by atoms with Gasteiger partial charge >= 0.3 is 5.97 Å². The van der Waals surface area contributed by atoms with Crippen LogP contribution in [0.25, 0.3) is 0 Å². The predicted molar refractivity (Wildman–Crippen MR) is 123 cm³/mol. The van der Waals surface area contributed by atoms with Crippen LogP contribution in [-0.2, 0) is 4.79 Å². The van der Waals surface area contributed by atoms with Crippen LogP contribution in [0.2, 0.25) is 0 Å². The van der Waals surface area contributed by atoms with Gasteiger partial charge in [0.1, 0.15) is 11.5 Å². The number of benzene rings is 2. The van der Waals surface area contributed by atoms with Gasteiger partial charge in [0.25, 0.3) is 11.8 Å². The third-order valence-corrected chi connectivity index (χ3v) is 5.57. The first-order valence-corrected chi connectivity index (χ1v) is 11.2. The first kappa shape index (κ1) is 24.1. The average Bonchev–Trinajstić information content (AvgIpc) is 2.83. The van der Waals surface area contributed by atoms with E-state index in [1.807, 2.05) is 6.92 Å². The van der Waals surface area contributed by atoms with Gasteiger partial charge in [0.05, 0.1) is 18.6 Å². The molecule has 0 aliphatic heterocycles. The number of rotatable bonds is 10. The lowest BCUT2D eigenvalue weighted by Gasteiger charge is -2.26. The van der Waals surface area contributed by atoms with Crippen molar-refractivity contribution < 1.29 is 29.0 Å². The number of carboxylic acid groups (broad SMARTS) is 1. The summed E-state index contributed by atoms with van der Waals surface area (Å²) in [4.78, 5) is 35.5. The summed E-state index contributed by atoms with van der Waals surface area (Å²) in [7, 11) is 0. The molecule has 1 aliphatic carbocycles. The molecule has 0 aromatic heterocycles. The Bertz CT molecular complexity index is 934. The van der Waals surface area contributed by atoms with Gasteiger partial charge in [-0.25, -0.2) is 0 Å². The first-order valence-electron chi connectivity index (χ1n) is 11.2. The summed E-state index contributed by atoms with van der Waals surface area (Å²) in [6.45, 7) is 3.06. The Morgan fingerprint density at radius 2 is 1.30 bits per heavy atom. The Kier molecular flexibility index (Phi) is 8.69. The lowest BCUT2D eigenvalue weighted by molar-refractivity contribution is -0.143. The minimum Gasteiger partial charge on any atom is -0.494 e. The number of carbonyl (C=O) groups excluding carboxylic acids is 2. The number of amides is 2. The Morgan fingerprint density at radius 3 is 1.76 bits per heavy atom. The van der Waals surface area contributed by atoms with Crippen LogP contribution in [0.5, 0.6) is 11.5 Å². The molecule has 8 nitrogen and oxygen atoms in total. The topological polar surface area (TPSA) is 114 Å². The van der Waals surface area contributed by atoms with E-state index < -0.39 is 5.97 Å². The fourth-order valence-electron chi connectivity index (χ4n) is 3.73. The maximum Gasteiger partial charge on any atom is 0.306 e. The van der Waals surface area contributed by atoms with Crippen LogP contribution in [0.4, 0.5) is 0 Å². The molecule has 2 aromatic carbocycles. The van der Waals surface area contributed by atoms with Gasteiger partial charge in [-0.1, -0.05) is 0 Å². The minimum absolute atomic E-state index is 0.000683. The molecule has 8 heteroatoms. The molecule has 0 heterocycles. The molecule has 0 atom stereocenters. The predicted octanol–water partition coefficient (Wildman–Crippen LogP) is 3.27. The van der Waals surface area contributed by atoms with Crippen LogP contribution in [0.15, 0.2) is 48.5 Å². The highest BCUT2D eigenvalue weighted by atomic mass is 16.5. The van der Waals surface area contributed by atoms with Crippen molar-refractivity contribution in [2.24, 2.45) is 5.92 Å². The van der Waals surface area contributed by atoms with Crippen LogP contribution in [-0.4, -0.2) is 48.7 Å². The van der Waals surface area contributed by atoms with Crippen molar-refractivity contribution in [2.45, 2.75) is 38.7 Å². The summed E-state index contributed by atoms with van der Waals surface area (Å²) >= 11 is 0. The monoisotopic (exact) mass is 454 g/mol. The van der Waals surface area contributed by atoms with Crippen LogP contribution in [0.3, 0.4) is 0 Å². The SMILES string of the molecule is CCOc1ccc(C(=O)NCCNC(=O)c2ccc(O[C@H]3CC[C@@H](C(=O)O)CC3)cc2)cc1. The largest absolute Gasteiger partial charge is 0.494 e. The number of hydrogen-bond acceptors (Lipinski definition) is 5. The first-order chi connectivity index (χ1) is 16.0. The van der Waals surface area contributed by atoms with Gasteiger partial charge in [-0.2, -0.15) is 0 Å². The third-order valence-electron chi connectivity index (χ3n) is 5.57. The van der Waals surface area contributed by atoms with Crippen LogP contribution in [0, 0.1) is 5.92 Å². The standard InChI is InChI=1S/C25H30N2O6/c1-2-32-20-9-3-17(4-10-20)23(28)26-15-16-27-24(29)18-5-11-21(12-6-18)33-22-13-7-19(8-14-22)25(30)31/h3-6,9-12,19,22H,2,7-8,13-16H2,1H3,(H,26,28)(H,27,29)(H,30,31)/t19-,22+. The van der Waals surface area contributed by atoms with Crippen molar-refractivity contribution in [2.75, 3.05) is 19.7 Å². The summed E-state index contributed by atoms with van der Waals surface area (Å²) in [6, 6.07) is 13.7. The molecule has 2 amide bonds. The second-order valence-corrected chi connectivity index (χ2v) is 7.92. The van der Waals surface area contributed by atoms with E-state index >= 15 is 0 Å². The zero-order valence-electron chi connectivity index (χ0n) is 18.7. The zero-order valence-corrected chi connectivity index (χ0v) is 18.7. The zero-order chi connectivity index (χ0) is 23.6. The van der Waals surface area contributed by atoms with Crippen molar-refractivity contribution in [3.05, 3.63) is 59.7 Å². The summed E-state index contributed by atoms with van der Waals surface area (Å²) in [5.41, 5.74) is 1.02. The summed E-state index contributed by atoms with van der Waals surface area (Å²) in [5.74, 6) is -0.0949. The molecular formula is C25H30N2O6. The minimum atomic E-state index is -0.737. The molecule has 33 heavy (non-hydrogen) atoms. The van der Waals surface area contributed by atoms with Crippen LogP contribution >= 0.6 is 0 Å². The average molecular weight is 455 g/mol. The van der Waals surface area contributed by atoms with Gasteiger partial charge in [-0.3, -0.25) is 14.4 Å². The molecule has 1 saturated carbocycles. The van der Waals surface area contributed by atoms with Gasteiger partial charge < -0.3 is 25.2 Å². The molecule has 0 saturated heterocycles. The van der Waals surface area contributed by atoms with Crippen LogP contribution < -0.4 is 20.1 Å². The van der Waals surface area contributed by atoms with Crippen molar-refractivity contribution in [3.8, 4) is 11.5 Å². The maximum atomic E-state index is 12.3. The second-order valence-electron chi connectivity index (χ2n) is 7.92. The quantitative estimate of drug-likeness (QED) is 0.475. The highest BCUT2D eigenvalue weighted by Gasteiger charge is 2.26. The van der Waals surface area contributed by atoms with Crippen molar-refractivity contribution in [3.63, 3.8) is 0 Å². The Labute approximate surface area is 193 Å². The number of carboxylic acids is 1. The number of carbonyl (C=O) groups is 3. The molecule has 0 bridgehead atoms. The molecule has 1 aliphatic rings. The molecule has 0 unspecified atom stereocenters. The molecule has 0 radical (unpaired) electrons. The summed E-state index contributed by atoms with van der Waals surface area (Å²) in [6.07, 6.45) is 2.66. The number of nitrogens with one attached hydrogen (secondary N) is 2. The number of hydrogen-bond donors (Lipinski definition) is 3. The molecule has 0 spiro atoms. The smallest absolute Gasteiger partial charge is 0.306 e. The van der Waals surface area contributed by atoms with E-state index in [0.717, 1.165) is 0 Å². The molecule has 3 N–H and O–H groups in total. The molecule has 3 rings (SSSR count). The van der Waals surface area contributed by atoms with E-state index in [4.69, 9.17) is 14.6 Å².